The third-order valence-electron chi connectivity index (χ3n) is 5.20. The molecule has 1 aliphatic carbocycles. The molecule has 0 saturated heterocycles. The number of hydrogen-bond acceptors (Lipinski definition) is 2. The first-order valence-corrected chi connectivity index (χ1v) is 8.15. The van der Waals surface area contributed by atoms with E-state index >= 15 is 0 Å². The molecule has 0 spiro atoms. The van der Waals surface area contributed by atoms with Gasteiger partial charge < -0.3 is 10.4 Å². The molecular formula is C17H33NO2. The Labute approximate surface area is 124 Å². The van der Waals surface area contributed by atoms with Gasteiger partial charge in [-0.25, -0.2) is 0 Å². The average Bonchev–Trinajstić information content (AvgIpc) is 2.36. The van der Waals surface area contributed by atoms with E-state index in [2.05, 4.69) is 39.9 Å². The van der Waals surface area contributed by atoms with Crippen molar-refractivity contribution >= 4 is 5.91 Å². The fraction of sp³-hybridized carbons (Fsp3) is 0.941. The van der Waals surface area contributed by atoms with Crippen LogP contribution < -0.4 is 5.32 Å². The first kappa shape index (κ1) is 17.5. The second-order valence-corrected chi connectivity index (χ2v) is 7.82. The minimum Gasteiger partial charge on any atom is -0.388 e. The predicted molar refractivity (Wildman–Crippen MR) is 83.4 cm³/mol. The molecule has 118 valence electrons. The lowest BCUT2D eigenvalue weighted by molar-refractivity contribution is -0.124. The zero-order chi connectivity index (χ0) is 15.4. The highest BCUT2D eigenvalue weighted by atomic mass is 16.3. The van der Waals surface area contributed by atoms with Crippen LogP contribution in [0.2, 0.25) is 0 Å². The Hall–Kier alpha value is -0.570. The summed E-state index contributed by atoms with van der Waals surface area (Å²) < 4.78 is 0. The van der Waals surface area contributed by atoms with Crippen LogP contribution in [0.25, 0.3) is 0 Å². The van der Waals surface area contributed by atoms with Crippen LogP contribution in [0.4, 0.5) is 0 Å². The molecular weight excluding hydrogens is 250 g/mol. The van der Waals surface area contributed by atoms with E-state index in [9.17, 15) is 9.90 Å². The molecule has 0 aromatic heterocycles. The van der Waals surface area contributed by atoms with Crippen molar-refractivity contribution in [2.45, 2.75) is 78.7 Å². The summed E-state index contributed by atoms with van der Waals surface area (Å²) in [6, 6.07) is 0. The summed E-state index contributed by atoms with van der Waals surface area (Å²) in [5, 5.41) is 13.5. The van der Waals surface area contributed by atoms with E-state index in [1.54, 1.807) is 0 Å². The molecule has 1 rings (SSSR count). The molecule has 0 radical (unpaired) electrons. The van der Waals surface area contributed by atoms with E-state index in [1.807, 2.05) is 0 Å². The van der Waals surface area contributed by atoms with E-state index < -0.39 is 5.60 Å². The van der Waals surface area contributed by atoms with Crippen molar-refractivity contribution in [3.8, 4) is 0 Å². The van der Waals surface area contributed by atoms with Gasteiger partial charge in [-0.05, 0) is 42.9 Å². The molecule has 3 heteroatoms. The number of rotatable bonds is 5. The lowest BCUT2D eigenvalue weighted by Gasteiger charge is -2.36. The first-order chi connectivity index (χ1) is 9.16. The quantitative estimate of drug-likeness (QED) is 0.811. The van der Waals surface area contributed by atoms with Crippen molar-refractivity contribution in [2.24, 2.45) is 17.3 Å². The molecule has 0 aliphatic heterocycles. The van der Waals surface area contributed by atoms with Gasteiger partial charge in [0.15, 0.2) is 0 Å². The number of amides is 1. The van der Waals surface area contributed by atoms with Crippen molar-refractivity contribution in [1.29, 1.82) is 0 Å². The molecule has 0 heterocycles. The maximum Gasteiger partial charge on any atom is 0.220 e. The highest BCUT2D eigenvalue weighted by molar-refractivity contribution is 5.76. The van der Waals surface area contributed by atoms with Crippen LogP contribution in [-0.2, 0) is 4.79 Å². The lowest BCUT2D eigenvalue weighted by atomic mass is 9.77. The molecule has 2 N–H and O–H groups in total. The molecule has 1 saturated carbocycles. The summed E-state index contributed by atoms with van der Waals surface area (Å²) in [5.41, 5.74) is -0.528. The second-order valence-electron chi connectivity index (χ2n) is 7.82. The Kier molecular flexibility index (Phi) is 6.06. The van der Waals surface area contributed by atoms with Crippen molar-refractivity contribution in [3.05, 3.63) is 0 Å². The van der Waals surface area contributed by atoms with Gasteiger partial charge in [0.2, 0.25) is 5.91 Å². The molecule has 0 bridgehead atoms. The molecule has 1 unspecified atom stereocenters. The maximum atomic E-state index is 12.0. The number of nitrogens with one attached hydrogen (secondary N) is 1. The fourth-order valence-corrected chi connectivity index (χ4v) is 2.72. The largest absolute Gasteiger partial charge is 0.388 e. The predicted octanol–water partition coefficient (Wildman–Crippen LogP) is 3.51. The highest BCUT2D eigenvalue weighted by Crippen LogP contribution is 2.33. The molecule has 1 aliphatic rings. The van der Waals surface area contributed by atoms with Crippen LogP contribution in [0.1, 0.15) is 73.1 Å². The Balaban J connectivity index is 2.34. The highest BCUT2D eigenvalue weighted by Gasteiger charge is 2.33. The van der Waals surface area contributed by atoms with Gasteiger partial charge in [-0.1, -0.05) is 41.0 Å². The van der Waals surface area contributed by atoms with Crippen molar-refractivity contribution < 1.29 is 9.90 Å². The van der Waals surface area contributed by atoms with E-state index in [4.69, 9.17) is 0 Å². The third kappa shape index (κ3) is 5.43. The van der Waals surface area contributed by atoms with Gasteiger partial charge in [-0.3, -0.25) is 4.79 Å². The Morgan fingerprint density at radius 3 is 2.35 bits per heavy atom. The van der Waals surface area contributed by atoms with Crippen LogP contribution in [0, 0.1) is 17.3 Å². The number of hydrogen-bond donors (Lipinski definition) is 2. The summed E-state index contributed by atoms with van der Waals surface area (Å²) in [7, 11) is 0. The normalized spacial score (nSPS) is 29.0. The van der Waals surface area contributed by atoms with Crippen LogP contribution in [0.15, 0.2) is 0 Å². The summed E-state index contributed by atoms with van der Waals surface area (Å²) in [5.74, 6) is 1.17. The van der Waals surface area contributed by atoms with Crippen LogP contribution in [0.3, 0.4) is 0 Å². The topological polar surface area (TPSA) is 49.3 Å². The van der Waals surface area contributed by atoms with Crippen LogP contribution >= 0.6 is 0 Å². The monoisotopic (exact) mass is 283 g/mol. The smallest absolute Gasteiger partial charge is 0.220 e. The minimum absolute atomic E-state index is 0.0680. The van der Waals surface area contributed by atoms with Crippen molar-refractivity contribution in [2.75, 3.05) is 6.54 Å². The number of carbonyl (C=O) groups excluding carboxylic acids is 1. The number of aliphatic hydroxyl groups is 1. The molecule has 1 atom stereocenters. The van der Waals surface area contributed by atoms with E-state index in [-0.39, 0.29) is 11.3 Å². The van der Waals surface area contributed by atoms with Gasteiger partial charge in [0.25, 0.3) is 0 Å². The first-order valence-electron chi connectivity index (χ1n) is 8.15. The third-order valence-corrected chi connectivity index (χ3v) is 5.20. The summed E-state index contributed by atoms with van der Waals surface area (Å²) in [4.78, 5) is 12.0. The zero-order valence-corrected chi connectivity index (χ0v) is 14.0. The van der Waals surface area contributed by atoms with Crippen LogP contribution in [0.5, 0.6) is 0 Å². The molecule has 1 amide bonds. The van der Waals surface area contributed by atoms with E-state index in [0.29, 0.717) is 18.9 Å². The zero-order valence-electron chi connectivity index (χ0n) is 14.0. The van der Waals surface area contributed by atoms with Gasteiger partial charge in [-0.15, -0.1) is 0 Å². The number of carbonyl (C=O) groups is 1. The standard InChI is InChI=1S/C17H33NO2/c1-6-14-7-9-17(20,10-8-14)12-18-15(19)11-13(2)16(3,4)5/h13-14,20H,6-12H2,1-5H3,(H,18,19). The van der Waals surface area contributed by atoms with Crippen LogP contribution in [-0.4, -0.2) is 23.2 Å². The summed E-state index contributed by atoms with van der Waals surface area (Å²) in [6.45, 7) is 11.2. The van der Waals surface area contributed by atoms with Gasteiger partial charge in [0, 0.05) is 13.0 Å². The Morgan fingerprint density at radius 1 is 1.35 bits per heavy atom. The molecule has 0 aromatic carbocycles. The second kappa shape index (κ2) is 6.93. The van der Waals surface area contributed by atoms with Gasteiger partial charge in [-0.2, -0.15) is 0 Å². The SMILES string of the molecule is CCC1CCC(O)(CNC(=O)CC(C)C(C)(C)C)CC1. The van der Waals surface area contributed by atoms with Crippen molar-refractivity contribution in [1.82, 2.24) is 5.32 Å². The minimum atomic E-state index is -0.674. The maximum absolute atomic E-state index is 12.0. The van der Waals surface area contributed by atoms with Gasteiger partial charge in [0.05, 0.1) is 5.60 Å². The van der Waals surface area contributed by atoms with E-state index in [1.165, 1.54) is 6.42 Å². The fourth-order valence-electron chi connectivity index (χ4n) is 2.72. The molecule has 0 aromatic rings. The summed E-state index contributed by atoms with van der Waals surface area (Å²) in [6.07, 6.45) is 5.55. The molecule has 3 nitrogen and oxygen atoms in total. The lowest BCUT2D eigenvalue weighted by Crippen LogP contribution is -2.45. The average molecular weight is 283 g/mol. The van der Waals surface area contributed by atoms with Crippen molar-refractivity contribution in [3.63, 3.8) is 0 Å². The van der Waals surface area contributed by atoms with E-state index in [0.717, 1.165) is 31.6 Å². The molecule has 1 fully saturated rings. The van der Waals surface area contributed by atoms with Gasteiger partial charge >= 0.3 is 0 Å². The van der Waals surface area contributed by atoms with Gasteiger partial charge in [0.1, 0.15) is 0 Å². The molecule has 20 heavy (non-hydrogen) atoms. The Bertz CT molecular complexity index is 311. The Morgan fingerprint density at radius 2 is 1.90 bits per heavy atom. The summed E-state index contributed by atoms with van der Waals surface area (Å²) >= 11 is 0.